The molecule has 1 aromatic carbocycles. The second-order valence-electron chi connectivity index (χ2n) is 9.15. The van der Waals surface area contributed by atoms with Crippen LogP contribution in [0.25, 0.3) is 16.4 Å². The van der Waals surface area contributed by atoms with Crippen molar-refractivity contribution in [2.24, 2.45) is 5.92 Å². The van der Waals surface area contributed by atoms with E-state index in [2.05, 4.69) is 50.8 Å². The summed E-state index contributed by atoms with van der Waals surface area (Å²) in [6.07, 6.45) is 12.1. The van der Waals surface area contributed by atoms with Crippen LogP contribution in [0.4, 0.5) is 0 Å². The molecule has 0 saturated heterocycles. The zero-order valence-electron chi connectivity index (χ0n) is 17.1. The summed E-state index contributed by atoms with van der Waals surface area (Å²) in [4.78, 5) is 8.78. The maximum atomic E-state index is 11.5. The predicted octanol–water partition coefficient (Wildman–Crippen LogP) is 5.77. The fraction of sp³-hybridized carbons (Fsp3) is 0.385. The van der Waals surface area contributed by atoms with Crippen LogP contribution in [-0.2, 0) is 0 Å². The minimum Gasteiger partial charge on any atom is -0.387 e. The van der Waals surface area contributed by atoms with E-state index in [-0.39, 0.29) is 0 Å². The van der Waals surface area contributed by atoms with Gasteiger partial charge in [-0.1, -0.05) is 18.2 Å². The highest BCUT2D eigenvalue weighted by Gasteiger charge is 2.34. The van der Waals surface area contributed by atoms with Crippen molar-refractivity contribution < 1.29 is 5.11 Å². The first-order valence-corrected chi connectivity index (χ1v) is 11.3. The fourth-order valence-electron chi connectivity index (χ4n) is 5.42. The molecule has 0 amide bonds. The number of benzene rings is 1. The number of aliphatic hydroxyl groups excluding tert-OH is 1. The highest BCUT2D eigenvalue weighted by Crippen LogP contribution is 2.47. The standard InChI is InChI=1S/C26H27N3O/c30-26(25-23(18-5-6-18)11-10-22-15-27-16-29(22)25)19-7-3-17(4-8-19)20-9-12-24-21(14-20)2-1-13-28-24/h1-2,9-19,26,30H,3-8H2/t17-,19-,26-/m0/s1. The molecule has 2 aliphatic carbocycles. The average Bonchev–Trinajstić information content (AvgIpc) is 3.54. The molecule has 6 rings (SSSR count). The summed E-state index contributed by atoms with van der Waals surface area (Å²) in [6, 6.07) is 15.2. The Hall–Kier alpha value is -2.72. The summed E-state index contributed by atoms with van der Waals surface area (Å²) in [6.45, 7) is 0. The third kappa shape index (κ3) is 3.10. The number of aromatic nitrogens is 3. The van der Waals surface area contributed by atoms with Gasteiger partial charge in [-0.15, -0.1) is 0 Å². The molecule has 152 valence electrons. The van der Waals surface area contributed by atoms with Crippen molar-refractivity contribution in [3.63, 3.8) is 0 Å². The molecule has 3 heterocycles. The summed E-state index contributed by atoms with van der Waals surface area (Å²) in [5, 5.41) is 12.7. The molecule has 30 heavy (non-hydrogen) atoms. The van der Waals surface area contributed by atoms with Gasteiger partial charge in [0.1, 0.15) is 0 Å². The number of pyridine rings is 2. The van der Waals surface area contributed by atoms with Crippen molar-refractivity contribution in [3.05, 3.63) is 78.0 Å². The van der Waals surface area contributed by atoms with Crippen LogP contribution in [0, 0.1) is 5.92 Å². The van der Waals surface area contributed by atoms with E-state index < -0.39 is 6.10 Å². The number of rotatable bonds is 4. The third-order valence-corrected chi connectivity index (χ3v) is 7.27. The smallest absolute Gasteiger partial charge is 0.0995 e. The van der Waals surface area contributed by atoms with E-state index >= 15 is 0 Å². The van der Waals surface area contributed by atoms with Gasteiger partial charge < -0.3 is 9.51 Å². The molecule has 0 aliphatic heterocycles. The second kappa shape index (κ2) is 7.21. The highest BCUT2D eigenvalue weighted by molar-refractivity contribution is 5.79. The van der Waals surface area contributed by atoms with Crippen molar-refractivity contribution >= 4 is 16.4 Å². The summed E-state index contributed by atoms with van der Waals surface area (Å²) in [5.74, 6) is 1.50. The lowest BCUT2D eigenvalue weighted by atomic mass is 9.75. The maximum absolute atomic E-state index is 11.5. The minimum absolute atomic E-state index is 0.314. The Morgan fingerprint density at radius 1 is 0.933 bits per heavy atom. The Morgan fingerprint density at radius 2 is 1.77 bits per heavy atom. The molecule has 4 heteroatoms. The van der Waals surface area contributed by atoms with Crippen molar-refractivity contribution in [3.8, 4) is 0 Å². The number of aliphatic hydroxyl groups is 1. The number of imidazole rings is 1. The molecule has 2 saturated carbocycles. The van der Waals surface area contributed by atoms with Gasteiger partial charge in [0.15, 0.2) is 0 Å². The van der Waals surface area contributed by atoms with Gasteiger partial charge in [-0.05, 0) is 91.7 Å². The second-order valence-corrected chi connectivity index (χ2v) is 9.15. The van der Waals surface area contributed by atoms with E-state index in [0.717, 1.165) is 42.4 Å². The zero-order chi connectivity index (χ0) is 20.1. The fourth-order valence-corrected chi connectivity index (χ4v) is 5.42. The summed E-state index contributed by atoms with van der Waals surface area (Å²) >= 11 is 0. The van der Waals surface area contributed by atoms with E-state index in [1.165, 1.54) is 29.4 Å². The van der Waals surface area contributed by atoms with E-state index in [1.54, 1.807) is 0 Å². The highest BCUT2D eigenvalue weighted by atomic mass is 16.3. The van der Waals surface area contributed by atoms with Gasteiger partial charge in [-0.25, -0.2) is 4.98 Å². The van der Waals surface area contributed by atoms with Gasteiger partial charge in [0.05, 0.1) is 35.4 Å². The quantitative estimate of drug-likeness (QED) is 0.476. The lowest BCUT2D eigenvalue weighted by Crippen LogP contribution is -2.22. The molecule has 0 radical (unpaired) electrons. The molecular formula is C26H27N3O. The van der Waals surface area contributed by atoms with Gasteiger partial charge in [0.25, 0.3) is 0 Å². The van der Waals surface area contributed by atoms with Gasteiger partial charge in [0, 0.05) is 11.6 Å². The number of nitrogens with zero attached hydrogens (tertiary/aromatic N) is 3. The Morgan fingerprint density at radius 3 is 2.60 bits per heavy atom. The van der Waals surface area contributed by atoms with Gasteiger partial charge >= 0.3 is 0 Å². The summed E-state index contributed by atoms with van der Waals surface area (Å²) in [5.41, 5.74) is 5.97. The van der Waals surface area contributed by atoms with Crippen molar-refractivity contribution in [2.45, 2.75) is 56.5 Å². The van der Waals surface area contributed by atoms with Crippen LogP contribution in [0.15, 0.2) is 61.2 Å². The van der Waals surface area contributed by atoms with E-state index in [1.807, 2.05) is 24.8 Å². The van der Waals surface area contributed by atoms with Crippen molar-refractivity contribution in [1.29, 1.82) is 0 Å². The molecule has 1 atom stereocenters. The average molecular weight is 398 g/mol. The van der Waals surface area contributed by atoms with Gasteiger partial charge in [0.2, 0.25) is 0 Å². The van der Waals surface area contributed by atoms with Crippen LogP contribution in [-0.4, -0.2) is 19.5 Å². The monoisotopic (exact) mass is 397 g/mol. The molecule has 0 bridgehead atoms. The van der Waals surface area contributed by atoms with Crippen molar-refractivity contribution in [2.75, 3.05) is 0 Å². The minimum atomic E-state index is -0.416. The van der Waals surface area contributed by atoms with E-state index in [4.69, 9.17) is 0 Å². The topological polar surface area (TPSA) is 50.4 Å². The molecule has 3 aromatic heterocycles. The van der Waals surface area contributed by atoms with Crippen molar-refractivity contribution in [1.82, 2.24) is 14.4 Å². The molecule has 0 spiro atoms. The Kier molecular flexibility index (Phi) is 4.34. The molecule has 2 aliphatic rings. The predicted molar refractivity (Wildman–Crippen MR) is 119 cm³/mol. The molecule has 1 N–H and O–H groups in total. The first-order valence-electron chi connectivity index (χ1n) is 11.3. The van der Waals surface area contributed by atoms with Gasteiger partial charge in [-0.2, -0.15) is 0 Å². The Bertz CT molecular complexity index is 1200. The van der Waals surface area contributed by atoms with Crippen LogP contribution in [0.1, 0.15) is 73.3 Å². The molecular weight excluding hydrogens is 370 g/mol. The van der Waals surface area contributed by atoms with Crippen LogP contribution in [0.3, 0.4) is 0 Å². The van der Waals surface area contributed by atoms with Gasteiger partial charge in [-0.3, -0.25) is 4.98 Å². The van der Waals surface area contributed by atoms with Crippen LogP contribution >= 0.6 is 0 Å². The lowest BCUT2D eigenvalue weighted by Gasteiger charge is -2.33. The number of hydrogen-bond acceptors (Lipinski definition) is 3. The zero-order valence-corrected chi connectivity index (χ0v) is 17.1. The lowest BCUT2D eigenvalue weighted by molar-refractivity contribution is 0.0754. The number of hydrogen-bond donors (Lipinski definition) is 1. The summed E-state index contributed by atoms with van der Waals surface area (Å²) < 4.78 is 2.13. The first-order chi connectivity index (χ1) is 14.8. The van der Waals surface area contributed by atoms with Crippen LogP contribution in [0.2, 0.25) is 0 Å². The van der Waals surface area contributed by atoms with Crippen LogP contribution in [0.5, 0.6) is 0 Å². The van der Waals surface area contributed by atoms with E-state index in [9.17, 15) is 5.11 Å². The first kappa shape index (κ1) is 18.1. The van der Waals surface area contributed by atoms with E-state index in [0.29, 0.717) is 17.8 Å². The molecule has 0 unspecified atom stereocenters. The Balaban J connectivity index is 1.24. The summed E-state index contributed by atoms with van der Waals surface area (Å²) in [7, 11) is 0. The largest absolute Gasteiger partial charge is 0.387 e. The molecule has 4 aromatic rings. The SMILES string of the molecule is O[C@H](c1c(C2CC2)ccc2cncn12)[C@H]1CC[C@H](c2ccc3ncccc3c2)CC1. The van der Waals surface area contributed by atoms with Crippen LogP contribution < -0.4 is 0 Å². The normalized spacial score (nSPS) is 23.1. The Labute approximate surface area is 176 Å². The number of fused-ring (bicyclic) bond motifs is 2. The maximum Gasteiger partial charge on any atom is 0.0995 e. The molecule has 4 nitrogen and oxygen atoms in total. The molecule has 2 fully saturated rings. The third-order valence-electron chi connectivity index (χ3n) is 7.27.